The first-order valence-corrected chi connectivity index (χ1v) is 10.7. The van der Waals surface area contributed by atoms with E-state index in [1.54, 1.807) is 19.4 Å². The molecule has 3 N–H and O–H groups in total. The zero-order valence-electron chi connectivity index (χ0n) is 17.6. The van der Waals surface area contributed by atoms with Crippen molar-refractivity contribution in [2.75, 3.05) is 13.7 Å². The summed E-state index contributed by atoms with van der Waals surface area (Å²) >= 11 is 6.17. The van der Waals surface area contributed by atoms with Crippen molar-refractivity contribution >= 4 is 28.4 Å². The van der Waals surface area contributed by atoms with Crippen molar-refractivity contribution in [3.05, 3.63) is 76.3 Å². The van der Waals surface area contributed by atoms with Gasteiger partial charge in [0, 0.05) is 46.7 Å². The van der Waals surface area contributed by atoms with Gasteiger partial charge in [-0.05, 0) is 24.3 Å². The number of rotatable bonds is 5. The van der Waals surface area contributed by atoms with Gasteiger partial charge in [0.25, 0.3) is 0 Å². The number of nitrogens with two attached hydrogens (primary N) is 1. The van der Waals surface area contributed by atoms with Crippen molar-refractivity contribution in [1.82, 2.24) is 19.9 Å². The summed E-state index contributed by atoms with van der Waals surface area (Å²) in [6.07, 6.45) is 2.53. The maximum absolute atomic E-state index is 12.3. The Kier molecular flexibility index (Phi) is 5.28. The second-order valence-electron chi connectivity index (χ2n) is 7.84. The van der Waals surface area contributed by atoms with Crippen LogP contribution in [0.1, 0.15) is 27.4 Å². The lowest BCUT2D eigenvalue weighted by Gasteiger charge is -2.29. The molecule has 0 bridgehead atoms. The largest absolute Gasteiger partial charge is 0.496 e. The second kappa shape index (κ2) is 8.26. The number of hydrogen-bond acceptors (Lipinski definition) is 5. The first-order valence-electron chi connectivity index (χ1n) is 10.3. The number of fused-ring (bicyclic) bond motifs is 2. The molecule has 0 fully saturated rings. The fourth-order valence-electron chi connectivity index (χ4n) is 4.34. The van der Waals surface area contributed by atoms with Gasteiger partial charge >= 0.3 is 0 Å². The zero-order chi connectivity index (χ0) is 22.2. The molecule has 162 valence electrons. The molecule has 5 rings (SSSR count). The Morgan fingerprint density at radius 3 is 2.94 bits per heavy atom. The molecule has 8 heteroatoms. The van der Waals surface area contributed by atoms with E-state index in [2.05, 4.69) is 14.9 Å². The number of carbonyl (C=O) groups excluding carboxylic acids is 1. The lowest BCUT2D eigenvalue weighted by atomic mass is 9.95. The van der Waals surface area contributed by atoms with Crippen LogP contribution in [-0.2, 0) is 19.5 Å². The average Bonchev–Trinajstić information content (AvgIpc) is 3.25. The Hall–Kier alpha value is -3.42. The molecule has 0 atom stereocenters. The number of ether oxygens (including phenoxy) is 1. The van der Waals surface area contributed by atoms with Gasteiger partial charge in [-0.25, -0.2) is 4.98 Å². The predicted molar refractivity (Wildman–Crippen MR) is 124 cm³/mol. The van der Waals surface area contributed by atoms with Gasteiger partial charge < -0.3 is 15.5 Å². The number of benzene rings is 2. The third-order valence-corrected chi connectivity index (χ3v) is 6.06. The molecule has 0 unspecified atom stereocenters. The molecule has 0 spiro atoms. The summed E-state index contributed by atoms with van der Waals surface area (Å²) in [4.78, 5) is 27.3. The smallest absolute Gasteiger partial charge is 0.249 e. The summed E-state index contributed by atoms with van der Waals surface area (Å²) in [6, 6.07) is 13.1. The molecule has 7 nitrogen and oxygen atoms in total. The van der Waals surface area contributed by atoms with E-state index >= 15 is 0 Å². The maximum atomic E-state index is 12.3. The van der Waals surface area contributed by atoms with Crippen LogP contribution >= 0.6 is 11.6 Å². The Bertz CT molecular complexity index is 1330. The number of nitrogens with one attached hydrogen (secondary N) is 1. The summed E-state index contributed by atoms with van der Waals surface area (Å²) in [5.41, 5.74) is 10.7. The molecule has 32 heavy (non-hydrogen) atoms. The summed E-state index contributed by atoms with van der Waals surface area (Å²) in [7, 11) is 1.63. The standard InChI is InChI=1S/C24H22ClN5O2/c1-32-21-7-6-14(25)10-16(21)20-11-27-22(29-20)13-30-9-8-19-17(12-30)23(24(26)31)15-4-2-3-5-18(15)28-19/h2-7,10-11H,8-9,12-13H2,1H3,(H2,26,31)(H,27,29). The number of aromatic amines is 1. The topological polar surface area (TPSA) is 97.1 Å². The number of aromatic nitrogens is 3. The van der Waals surface area contributed by atoms with E-state index in [0.29, 0.717) is 23.7 Å². The first-order chi connectivity index (χ1) is 15.5. The SMILES string of the molecule is COc1ccc(Cl)cc1-c1cnc(CN2CCc3nc4ccccc4c(C(N)=O)c3C2)[nH]1. The number of nitrogens with zero attached hydrogens (tertiary/aromatic N) is 3. The molecular formula is C24H22ClN5O2. The van der Waals surface area contributed by atoms with E-state index in [1.807, 2.05) is 36.4 Å². The number of amides is 1. The highest BCUT2D eigenvalue weighted by Gasteiger charge is 2.25. The number of hydrogen-bond donors (Lipinski definition) is 2. The highest BCUT2D eigenvalue weighted by molar-refractivity contribution is 6.31. The number of pyridine rings is 1. The number of halogens is 1. The Labute approximate surface area is 190 Å². The number of carbonyl (C=O) groups is 1. The Morgan fingerprint density at radius 1 is 1.28 bits per heavy atom. The summed E-state index contributed by atoms with van der Waals surface area (Å²) < 4.78 is 5.46. The van der Waals surface area contributed by atoms with Gasteiger partial charge in [-0.1, -0.05) is 29.8 Å². The van der Waals surface area contributed by atoms with Gasteiger partial charge in [0.2, 0.25) is 5.91 Å². The van der Waals surface area contributed by atoms with Crippen molar-refractivity contribution in [1.29, 1.82) is 0 Å². The predicted octanol–water partition coefficient (Wildman–Crippen LogP) is 3.94. The second-order valence-corrected chi connectivity index (χ2v) is 8.28. The van der Waals surface area contributed by atoms with Gasteiger partial charge in [0.15, 0.2) is 0 Å². The van der Waals surface area contributed by atoms with Crippen LogP contribution < -0.4 is 10.5 Å². The first kappa shape index (κ1) is 20.5. The van der Waals surface area contributed by atoms with Gasteiger partial charge in [-0.15, -0.1) is 0 Å². The van der Waals surface area contributed by atoms with Crippen LogP contribution in [0, 0.1) is 0 Å². The van der Waals surface area contributed by atoms with Crippen LogP contribution in [0.25, 0.3) is 22.2 Å². The fraction of sp³-hybridized carbons (Fsp3) is 0.208. The van der Waals surface area contributed by atoms with Crippen LogP contribution in [0.3, 0.4) is 0 Å². The Morgan fingerprint density at radius 2 is 2.12 bits per heavy atom. The van der Waals surface area contributed by atoms with Gasteiger partial charge in [-0.2, -0.15) is 0 Å². The summed E-state index contributed by atoms with van der Waals surface area (Å²) in [6.45, 7) is 2.00. The van der Waals surface area contributed by atoms with E-state index < -0.39 is 5.91 Å². The van der Waals surface area contributed by atoms with Crippen molar-refractivity contribution in [3.8, 4) is 17.0 Å². The molecule has 2 aromatic carbocycles. The summed E-state index contributed by atoms with van der Waals surface area (Å²) in [5.74, 6) is 1.12. The normalized spacial score (nSPS) is 13.8. The van der Waals surface area contributed by atoms with Crippen LogP contribution in [0.4, 0.5) is 0 Å². The lowest BCUT2D eigenvalue weighted by Crippen LogP contribution is -2.33. The highest BCUT2D eigenvalue weighted by atomic mass is 35.5. The van der Waals surface area contributed by atoms with E-state index in [9.17, 15) is 4.79 Å². The van der Waals surface area contributed by atoms with Crippen LogP contribution in [0.5, 0.6) is 5.75 Å². The fourth-order valence-corrected chi connectivity index (χ4v) is 4.52. The van der Waals surface area contributed by atoms with E-state index in [1.165, 1.54) is 0 Å². The molecule has 0 radical (unpaired) electrons. The zero-order valence-corrected chi connectivity index (χ0v) is 18.3. The average molecular weight is 448 g/mol. The number of primary amides is 1. The minimum Gasteiger partial charge on any atom is -0.496 e. The quantitative estimate of drug-likeness (QED) is 0.483. The van der Waals surface area contributed by atoms with E-state index in [0.717, 1.165) is 58.0 Å². The number of methoxy groups -OCH3 is 1. The third kappa shape index (κ3) is 3.70. The molecular weight excluding hydrogens is 426 g/mol. The summed E-state index contributed by atoms with van der Waals surface area (Å²) in [5, 5.41) is 1.43. The molecule has 3 heterocycles. The van der Waals surface area contributed by atoms with Gasteiger partial charge in [-0.3, -0.25) is 14.7 Å². The van der Waals surface area contributed by atoms with Crippen LogP contribution in [-0.4, -0.2) is 39.4 Å². The highest BCUT2D eigenvalue weighted by Crippen LogP contribution is 2.32. The monoisotopic (exact) mass is 447 g/mol. The van der Waals surface area contributed by atoms with E-state index in [4.69, 9.17) is 27.1 Å². The molecule has 1 amide bonds. The number of para-hydroxylation sites is 1. The van der Waals surface area contributed by atoms with Gasteiger partial charge in [0.1, 0.15) is 11.6 Å². The lowest BCUT2D eigenvalue weighted by molar-refractivity contribution is 0.0999. The molecule has 2 aromatic heterocycles. The van der Waals surface area contributed by atoms with Crippen molar-refractivity contribution in [2.24, 2.45) is 5.73 Å². The number of H-pyrrole nitrogens is 1. The van der Waals surface area contributed by atoms with Crippen LogP contribution in [0.2, 0.25) is 5.02 Å². The molecule has 4 aromatic rings. The van der Waals surface area contributed by atoms with Crippen molar-refractivity contribution in [2.45, 2.75) is 19.5 Å². The minimum atomic E-state index is -0.421. The molecule has 0 saturated carbocycles. The van der Waals surface area contributed by atoms with Crippen molar-refractivity contribution < 1.29 is 9.53 Å². The molecule has 0 saturated heterocycles. The van der Waals surface area contributed by atoms with Crippen LogP contribution in [0.15, 0.2) is 48.7 Å². The molecule has 1 aliphatic heterocycles. The van der Waals surface area contributed by atoms with E-state index in [-0.39, 0.29) is 0 Å². The molecule has 0 aliphatic carbocycles. The van der Waals surface area contributed by atoms with Crippen molar-refractivity contribution in [3.63, 3.8) is 0 Å². The minimum absolute atomic E-state index is 0.421. The van der Waals surface area contributed by atoms with Gasteiger partial charge in [0.05, 0.1) is 36.6 Å². The Balaban J connectivity index is 1.43. The maximum Gasteiger partial charge on any atom is 0.249 e. The number of imidazole rings is 1. The third-order valence-electron chi connectivity index (χ3n) is 5.83. The molecule has 1 aliphatic rings.